The summed E-state index contributed by atoms with van der Waals surface area (Å²) in [5, 5.41) is 0. The quantitative estimate of drug-likeness (QED) is 0.808. The number of rotatable bonds is 5. The van der Waals surface area contributed by atoms with Crippen LogP contribution in [-0.2, 0) is 20.1 Å². The highest BCUT2D eigenvalue weighted by atomic mass is 32.2. The molecule has 0 heterocycles. The van der Waals surface area contributed by atoms with Gasteiger partial charge in [-0.3, -0.25) is 0 Å². The van der Waals surface area contributed by atoms with Crippen LogP contribution in [0.15, 0.2) is 29.2 Å². The van der Waals surface area contributed by atoms with Gasteiger partial charge in [0.1, 0.15) is 5.75 Å². The van der Waals surface area contributed by atoms with Gasteiger partial charge in [-0.15, -0.1) is 0 Å². The fourth-order valence-electron chi connectivity index (χ4n) is 1.25. The van der Waals surface area contributed by atoms with Crippen LogP contribution in [0.1, 0.15) is 13.8 Å². The Bertz CT molecular complexity index is 619. The Labute approximate surface area is 107 Å². The van der Waals surface area contributed by atoms with Crippen LogP contribution in [0.25, 0.3) is 0 Å². The van der Waals surface area contributed by atoms with E-state index in [2.05, 4.69) is 8.91 Å². The van der Waals surface area contributed by atoms with Gasteiger partial charge in [-0.1, -0.05) is 6.07 Å². The second-order valence-electron chi connectivity index (χ2n) is 4.04. The summed E-state index contributed by atoms with van der Waals surface area (Å²) in [4.78, 5) is -0.0441. The van der Waals surface area contributed by atoms with Gasteiger partial charge in [-0.25, -0.2) is 13.1 Å². The van der Waals surface area contributed by atoms with E-state index in [1.165, 1.54) is 18.2 Å². The van der Waals surface area contributed by atoms with Crippen molar-refractivity contribution in [3.05, 3.63) is 24.3 Å². The van der Waals surface area contributed by atoms with Gasteiger partial charge in [0.05, 0.1) is 11.2 Å². The zero-order chi connectivity index (χ0) is 14.0. The molecule has 0 unspecified atom stereocenters. The first-order chi connectivity index (χ1) is 8.10. The highest BCUT2D eigenvalue weighted by Crippen LogP contribution is 2.18. The third-order valence-corrected chi connectivity index (χ3v) is 3.91. The van der Waals surface area contributed by atoms with Gasteiger partial charge in [0.25, 0.3) is 0 Å². The fourth-order valence-corrected chi connectivity index (χ4v) is 2.99. The molecule has 1 rings (SSSR count). The van der Waals surface area contributed by atoms with Crippen LogP contribution in [0, 0.1) is 0 Å². The van der Waals surface area contributed by atoms with Crippen molar-refractivity contribution in [3.63, 3.8) is 0 Å². The fraction of sp³-hybridized carbons (Fsp3) is 0.400. The molecular formula is C10H15NO5S2. The molecule has 0 saturated carbocycles. The standard InChI is InChI=1S/C10H15NO5S2/c1-8(2)11-18(14,15)10-6-4-5-9(7-10)16-17(3,12)13/h4-8,11H,1-3H3. The zero-order valence-electron chi connectivity index (χ0n) is 10.2. The summed E-state index contributed by atoms with van der Waals surface area (Å²) in [5.41, 5.74) is 0. The number of hydrogen-bond acceptors (Lipinski definition) is 5. The molecule has 1 aromatic carbocycles. The van der Waals surface area contributed by atoms with E-state index in [9.17, 15) is 16.8 Å². The SMILES string of the molecule is CC(C)NS(=O)(=O)c1cccc(OS(C)(=O)=O)c1. The second-order valence-corrected chi connectivity index (χ2v) is 7.33. The van der Waals surface area contributed by atoms with E-state index < -0.39 is 20.1 Å². The van der Waals surface area contributed by atoms with Crippen LogP contribution in [0.5, 0.6) is 5.75 Å². The number of hydrogen-bond donors (Lipinski definition) is 1. The maximum Gasteiger partial charge on any atom is 0.306 e. The van der Waals surface area contributed by atoms with Gasteiger partial charge in [0.2, 0.25) is 10.0 Å². The van der Waals surface area contributed by atoms with Crippen LogP contribution < -0.4 is 8.91 Å². The van der Waals surface area contributed by atoms with Gasteiger partial charge in [0.15, 0.2) is 0 Å². The minimum Gasteiger partial charge on any atom is -0.383 e. The van der Waals surface area contributed by atoms with Gasteiger partial charge < -0.3 is 4.18 Å². The van der Waals surface area contributed by atoms with Crippen molar-refractivity contribution in [3.8, 4) is 5.75 Å². The molecule has 8 heteroatoms. The Morgan fingerprint density at radius 2 is 1.78 bits per heavy atom. The molecule has 0 saturated heterocycles. The molecule has 1 N–H and O–H groups in total. The molecular weight excluding hydrogens is 278 g/mol. The minimum absolute atomic E-state index is 0.0378. The van der Waals surface area contributed by atoms with Crippen molar-refractivity contribution in [2.45, 2.75) is 24.8 Å². The Morgan fingerprint density at radius 3 is 2.28 bits per heavy atom. The first-order valence-electron chi connectivity index (χ1n) is 5.12. The van der Waals surface area contributed by atoms with Gasteiger partial charge >= 0.3 is 10.1 Å². The lowest BCUT2D eigenvalue weighted by molar-refractivity contribution is 0.491. The van der Waals surface area contributed by atoms with E-state index in [1.54, 1.807) is 13.8 Å². The van der Waals surface area contributed by atoms with Crippen LogP contribution in [0.2, 0.25) is 0 Å². The molecule has 0 atom stereocenters. The van der Waals surface area contributed by atoms with Crippen molar-refractivity contribution in [2.75, 3.05) is 6.26 Å². The third-order valence-electron chi connectivity index (χ3n) is 1.75. The predicted octanol–water partition coefficient (Wildman–Crippen LogP) is 0.712. The second kappa shape index (κ2) is 5.25. The topological polar surface area (TPSA) is 89.5 Å². The molecule has 18 heavy (non-hydrogen) atoms. The molecule has 1 aromatic rings. The van der Waals surface area contributed by atoms with Gasteiger partial charge in [0, 0.05) is 12.1 Å². The summed E-state index contributed by atoms with van der Waals surface area (Å²) < 4.78 is 52.6. The monoisotopic (exact) mass is 293 g/mol. The largest absolute Gasteiger partial charge is 0.383 e. The van der Waals surface area contributed by atoms with E-state index in [0.29, 0.717) is 0 Å². The van der Waals surface area contributed by atoms with Crippen molar-refractivity contribution < 1.29 is 21.0 Å². The van der Waals surface area contributed by atoms with Gasteiger partial charge in [-0.05, 0) is 26.0 Å². The summed E-state index contributed by atoms with van der Waals surface area (Å²) in [7, 11) is -7.34. The Balaban J connectivity index is 3.10. The third kappa shape index (κ3) is 4.63. The van der Waals surface area contributed by atoms with Crippen molar-refractivity contribution >= 4 is 20.1 Å². The molecule has 6 nitrogen and oxygen atoms in total. The van der Waals surface area contributed by atoms with Crippen molar-refractivity contribution in [2.24, 2.45) is 0 Å². The molecule has 0 aromatic heterocycles. The van der Waals surface area contributed by atoms with Crippen molar-refractivity contribution in [1.29, 1.82) is 0 Å². The van der Waals surface area contributed by atoms with E-state index >= 15 is 0 Å². The average Bonchev–Trinajstić information content (AvgIpc) is 2.13. The summed E-state index contributed by atoms with van der Waals surface area (Å²) in [6.45, 7) is 3.38. The normalized spacial score (nSPS) is 12.7. The highest BCUT2D eigenvalue weighted by molar-refractivity contribution is 7.89. The number of nitrogens with one attached hydrogen (secondary N) is 1. The Kier molecular flexibility index (Phi) is 4.36. The molecule has 0 bridgehead atoms. The summed E-state index contributed by atoms with van der Waals surface area (Å²) >= 11 is 0. The first-order valence-corrected chi connectivity index (χ1v) is 8.42. The van der Waals surface area contributed by atoms with Crippen LogP contribution in [0.3, 0.4) is 0 Å². The van der Waals surface area contributed by atoms with E-state index in [-0.39, 0.29) is 16.7 Å². The smallest absolute Gasteiger partial charge is 0.306 e. The maximum absolute atomic E-state index is 11.8. The predicted molar refractivity (Wildman–Crippen MR) is 67.4 cm³/mol. The first kappa shape index (κ1) is 14.9. The average molecular weight is 293 g/mol. The highest BCUT2D eigenvalue weighted by Gasteiger charge is 2.16. The zero-order valence-corrected chi connectivity index (χ0v) is 11.9. The lowest BCUT2D eigenvalue weighted by Gasteiger charge is -2.10. The number of sulfonamides is 1. The molecule has 102 valence electrons. The van der Waals surface area contributed by atoms with Crippen LogP contribution in [0.4, 0.5) is 0 Å². The molecule has 0 radical (unpaired) electrons. The molecule has 0 fully saturated rings. The van der Waals surface area contributed by atoms with Gasteiger partial charge in [-0.2, -0.15) is 8.42 Å². The molecule has 0 aliphatic heterocycles. The molecule has 0 amide bonds. The minimum atomic E-state index is -3.68. The van der Waals surface area contributed by atoms with E-state index in [0.717, 1.165) is 12.3 Å². The molecule has 0 aliphatic rings. The Hall–Kier alpha value is -1.12. The van der Waals surface area contributed by atoms with E-state index in [1.807, 2.05) is 0 Å². The van der Waals surface area contributed by atoms with Crippen LogP contribution in [-0.4, -0.2) is 29.1 Å². The maximum atomic E-state index is 11.8. The lowest BCUT2D eigenvalue weighted by atomic mass is 10.3. The Morgan fingerprint density at radius 1 is 1.17 bits per heavy atom. The van der Waals surface area contributed by atoms with Crippen molar-refractivity contribution in [1.82, 2.24) is 4.72 Å². The number of benzene rings is 1. The molecule has 0 aliphatic carbocycles. The molecule has 0 spiro atoms. The summed E-state index contributed by atoms with van der Waals surface area (Å²) in [5.74, 6) is -0.0378. The van der Waals surface area contributed by atoms with Crippen LogP contribution >= 0.6 is 0 Å². The summed E-state index contributed by atoms with van der Waals surface area (Å²) in [6, 6.07) is 5.05. The lowest BCUT2D eigenvalue weighted by Crippen LogP contribution is -2.30. The summed E-state index contributed by atoms with van der Waals surface area (Å²) in [6.07, 6.45) is 0.889. The van der Waals surface area contributed by atoms with E-state index in [4.69, 9.17) is 0 Å².